The maximum Gasteiger partial charge on any atom is 0.266 e. The normalized spacial score (nSPS) is 17.2. The Morgan fingerprint density at radius 1 is 0.914 bits per heavy atom. The molecule has 2 heterocycles. The van der Waals surface area contributed by atoms with Crippen molar-refractivity contribution in [1.29, 1.82) is 0 Å². The van der Waals surface area contributed by atoms with E-state index in [-0.39, 0.29) is 16.9 Å². The number of aryl methyl sites for hydroxylation is 1. The van der Waals surface area contributed by atoms with Gasteiger partial charge in [0.25, 0.3) is 10.0 Å². The lowest BCUT2D eigenvalue weighted by Crippen LogP contribution is -2.49. The third-order valence-corrected chi connectivity index (χ3v) is 8.78. The molecular formula is C29H31N3O2S. The second-order valence-electron chi connectivity index (χ2n) is 9.17. The smallest absolute Gasteiger partial charge is 0.266 e. The van der Waals surface area contributed by atoms with Crippen molar-refractivity contribution in [2.75, 3.05) is 17.4 Å². The van der Waals surface area contributed by atoms with Gasteiger partial charge in [0.1, 0.15) is 4.90 Å². The lowest BCUT2D eigenvalue weighted by molar-refractivity contribution is 0.313. The first-order valence-corrected chi connectivity index (χ1v) is 13.8. The van der Waals surface area contributed by atoms with Crippen LogP contribution in [0.5, 0.6) is 0 Å². The van der Waals surface area contributed by atoms with Crippen LogP contribution in [0.2, 0.25) is 0 Å². The largest absolute Gasteiger partial charge is 0.316 e. The van der Waals surface area contributed by atoms with Crippen molar-refractivity contribution in [3.8, 4) is 0 Å². The van der Waals surface area contributed by atoms with E-state index in [0.717, 1.165) is 44.2 Å². The molecule has 3 aromatic carbocycles. The van der Waals surface area contributed by atoms with Gasteiger partial charge >= 0.3 is 0 Å². The van der Waals surface area contributed by atoms with E-state index in [1.54, 1.807) is 22.6 Å². The fourth-order valence-corrected chi connectivity index (χ4v) is 7.10. The minimum atomic E-state index is -3.89. The molecule has 35 heavy (non-hydrogen) atoms. The Balaban J connectivity index is 1.62. The number of pyridine rings is 1. The first-order valence-electron chi connectivity index (χ1n) is 12.3. The lowest BCUT2D eigenvalue weighted by Gasteiger charge is -2.39. The fraction of sp³-hybridized carbons (Fsp3) is 0.276. The molecule has 1 fully saturated rings. The van der Waals surface area contributed by atoms with Crippen LogP contribution in [0.3, 0.4) is 0 Å². The van der Waals surface area contributed by atoms with Crippen LogP contribution in [0.15, 0.2) is 102 Å². The number of nitrogens with one attached hydrogen (secondary N) is 1. The summed E-state index contributed by atoms with van der Waals surface area (Å²) in [5, 5.41) is 4.33. The predicted octanol–water partition coefficient (Wildman–Crippen LogP) is 5.43. The quantitative estimate of drug-likeness (QED) is 0.361. The number of hydrogen-bond donors (Lipinski definition) is 1. The molecule has 5 rings (SSSR count). The topological polar surface area (TPSA) is 62.3 Å². The van der Waals surface area contributed by atoms with E-state index in [4.69, 9.17) is 0 Å². The molecule has 0 radical (unpaired) electrons. The zero-order chi connectivity index (χ0) is 24.1. The maximum absolute atomic E-state index is 14.5. The van der Waals surface area contributed by atoms with Gasteiger partial charge in [-0.25, -0.2) is 8.42 Å². The van der Waals surface area contributed by atoms with Crippen molar-refractivity contribution in [3.63, 3.8) is 0 Å². The van der Waals surface area contributed by atoms with E-state index in [2.05, 4.69) is 22.4 Å². The molecule has 6 heteroatoms. The minimum Gasteiger partial charge on any atom is -0.316 e. The number of para-hydroxylation sites is 2. The fourth-order valence-electron chi connectivity index (χ4n) is 5.18. The zero-order valence-corrected chi connectivity index (χ0v) is 20.6. The number of aromatic nitrogens is 1. The molecular weight excluding hydrogens is 454 g/mol. The molecule has 1 saturated heterocycles. The standard InChI is InChI=1S/C29H31N3O2S/c33-35(34,28-17-7-12-24-13-9-21-31-29(24)28)32(26-15-5-2-6-16-26)27(25-14-8-20-30-22-25)19-18-23-10-3-1-4-11-23/h1-7,9-13,15-17,21,25,27,30H,8,14,18-20,22H2. The summed E-state index contributed by atoms with van der Waals surface area (Å²) in [5.41, 5.74) is 2.43. The van der Waals surface area contributed by atoms with Gasteiger partial charge in [-0.3, -0.25) is 9.29 Å². The van der Waals surface area contributed by atoms with Crippen LogP contribution >= 0.6 is 0 Å². The first-order chi connectivity index (χ1) is 17.1. The molecule has 0 amide bonds. The van der Waals surface area contributed by atoms with Gasteiger partial charge < -0.3 is 5.32 Å². The van der Waals surface area contributed by atoms with Crippen LogP contribution in [0.25, 0.3) is 10.9 Å². The van der Waals surface area contributed by atoms with Gasteiger partial charge in [-0.1, -0.05) is 66.7 Å². The number of anilines is 1. The van der Waals surface area contributed by atoms with Crippen LogP contribution in [0.4, 0.5) is 5.69 Å². The Bertz CT molecular complexity index is 1350. The van der Waals surface area contributed by atoms with Crippen molar-refractivity contribution >= 4 is 26.6 Å². The second kappa shape index (κ2) is 10.6. The summed E-state index contributed by atoms with van der Waals surface area (Å²) in [6.07, 6.45) is 5.26. The summed E-state index contributed by atoms with van der Waals surface area (Å²) in [4.78, 5) is 4.73. The van der Waals surface area contributed by atoms with E-state index in [9.17, 15) is 8.42 Å². The molecule has 5 nitrogen and oxygen atoms in total. The summed E-state index contributed by atoms with van der Waals surface area (Å²) >= 11 is 0. The van der Waals surface area contributed by atoms with Gasteiger partial charge in [-0.2, -0.15) is 0 Å². The summed E-state index contributed by atoms with van der Waals surface area (Å²) < 4.78 is 30.7. The van der Waals surface area contributed by atoms with Gasteiger partial charge in [0.05, 0.1) is 11.2 Å². The lowest BCUT2D eigenvalue weighted by atomic mass is 9.87. The molecule has 4 aromatic rings. The minimum absolute atomic E-state index is 0.186. The number of sulfonamides is 1. The zero-order valence-electron chi connectivity index (χ0n) is 19.8. The first kappa shape index (κ1) is 23.5. The Hall–Kier alpha value is -3.22. The van der Waals surface area contributed by atoms with E-state index in [1.807, 2.05) is 66.7 Å². The van der Waals surface area contributed by atoms with Crippen molar-refractivity contribution in [2.24, 2.45) is 5.92 Å². The molecule has 0 bridgehead atoms. The Morgan fingerprint density at radius 3 is 2.40 bits per heavy atom. The monoisotopic (exact) mass is 485 g/mol. The molecule has 1 aliphatic heterocycles. The molecule has 1 N–H and O–H groups in total. The summed E-state index contributed by atoms with van der Waals surface area (Å²) in [6, 6.07) is 28.8. The predicted molar refractivity (Wildman–Crippen MR) is 142 cm³/mol. The molecule has 0 saturated carbocycles. The highest BCUT2D eigenvalue weighted by Gasteiger charge is 2.37. The number of hydrogen-bond acceptors (Lipinski definition) is 4. The van der Waals surface area contributed by atoms with Crippen LogP contribution in [0, 0.1) is 5.92 Å². The number of benzene rings is 3. The van der Waals surface area contributed by atoms with Gasteiger partial charge in [0, 0.05) is 17.6 Å². The van der Waals surface area contributed by atoms with Crippen LogP contribution in [0.1, 0.15) is 24.8 Å². The van der Waals surface area contributed by atoms with E-state index < -0.39 is 10.0 Å². The number of piperidine rings is 1. The van der Waals surface area contributed by atoms with E-state index >= 15 is 0 Å². The summed E-state index contributed by atoms with van der Waals surface area (Å²) in [6.45, 7) is 1.79. The van der Waals surface area contributed by atoms with Gasteiger partial charge in [-0.15, -0.1) is 0 Å². The number of fused-ring (bicyclic) bond motifs is 1. The molecule has 0 spiro atoms. The third-order valence-electron chi connectivity index (χ3n) is 6.90. The summed E-state index contributed by atoms with van der Waals surface area (Å²) in [5.74, 6) is 0.213. The molecule has 2 atom stereocenters. The van der Waals surface area contributed by atoms with E-state index in [1.165, 1.54) is 5.56 Å². The van der Waals surface area contributed by atoms with Crippen LogP contribution in [-0.4, -0.2) is 32.5 Å². The van der Waals surface area contributed by atoms with Crippen molar-refractivity contribution < 1.29 is 8.42 Å². The molecule has 2 unspecified atom stereocenters. The highest BCUT2D eigenvalue weighted by molar-refractivity contribution is 7.93. The average molecular weight is 486 g/mol. The second-order valence-corrected chi connectivity index (χ2v) is 10.9. The Labute approximate surface area is 207 Å². The van der Waals surface area contributed by atoms with Crippen LogP contribution < -0.4 is 9.62 Å². The molecule has 180 valence electrons. The average Bonchev–Trinajstić information content (AvgIpc) is 2.92. The van der Waals surface area contributed by atoms with Gasteiger partial charge in [0.15, 0.2) is 0 Å². The number of nitrogens with zero attached hydrogens (tertiary/aromatic N) is 2. The Morgan fingerprint density at radius 2 is 1.66 bits per heavy atom. The van der Waals surface area contributed by atoms with Crippen molar-refractivity contribution in [2.45, 2.75) is 36.6 Å². The third kappa shape index (κ3) is 5.09. The molecule has 0 aliphatic carbocycles. The Kier molecular flexibility index (Phi) is 7.11. The van der Waals surface area contributed by atoms with Crippen molar-refractivity contribution in [1.82, 2.24) is 10.3 Å². The molecule has 1 aliphatic rings. The van der Waals surface area contributed by atoms with Crippen molar-refractivity contribution in [3.05, 3.63) is 103 Å². The highest BCUT2D eigenvalue weighted by Crippen LogP contribution is 2.35. The number of rotatable bonds is 8. The van der Waals surface area contributed by atoms with Crippen LogP contribution in [-0.2, 0) is 16.4 Å². The van der Waals surface area contributed by atoms with Gasteiger partial charge in [-0.05, 0) is 74.5 Å². The molecule has 1 aromatic heterocycles. The van der Waals surface area contributed by atoms with Gasteiger partial charge in [0.2, 0.25) is 0 Å². The van der Waals surface area contributed by atoms with E-state index in [0.29, 0.717) is 11.2 Å². The highest BCUT2D eigenvalue weighted by atomic mass is 32.2. The maximum atomic E-state index is 14.5. The SMILES string of the molecule is O=S(=O)(c1cccc2cccnc12)N(c1ccccc1)C(CCc1ccccc1)C1CCCNC1. The summed E-state index contributed by atoms with van der Waals surface area (Å²) in [7, 11) is -3.89.